The van der Waals surface area contributed by atoms with Crippen molar-refractivity contribution < 1.29 is 9.32 Å². The van der Waals surface area contributed by atoms with Crippen LogP contribution < -0.4 is 0 Å². The van der Waals surface area contributed by atoms with Crippen LogP contribution in [0, 0.1) is 0 Å². The lowest BCUT2D eigenvalue weighted by Crippen LogP contribution is -2.45. The van der Waals surface area contributed by atoms with E-state index in [1.165, 1.54) is 0 Å². The summed E-state index contributed by atoms with van der Waals surface area (Å²) in [4.78, 5) is 26.7. The number of hydrogen-bond donors (Lipinski definition) is 0. The topological polar surface area (TPSA) is 75.4 Å². The third-order valence-electron chi connectivity index (χ3n) is 6.35. The largest absolute Gasteiger partial charge is 0.341 e. The maximum Gasteiger partial charge on any atom is 0.244 e. The molecule has 2 aromatic heterocycles. The summed E-state index contributed by atoms with van der Waals surface area (Å²) in [6, 6.07) is 15.7. The number of hydrogen-bond acceptors (Lipinski definition) is 6. The molecule has 4 heterocycles. The molecule has 2 saturated heterocycles. The molecule has 2 aliphatic rings. The molecule has 0 spiro atoms. The van der Waals surface area contributed by atoms with Gasteiger partial charge in [0, 0.05) is 25.2 Å². The Balaban J connectivity index is 1.26. The summed E-state index contributed by atoms with van der Waals surface area (Å²) in [6.07, 6.45) is 5.70. The van der Waals surface area contributed by atoms with Crippen molar-refractivity contribution in [2.75, 3.05) is 26.2 Å². The van der Waals surface area contributed by atoms with Crippen molar-refractivity contribution in [2.45, 2.75) is 37.6 Å². The first-order valence-corrected chi connectivity index (χ1v) is 11.1. The Morgan fingerprint density at radius 2 is 1.71 bits per heavy atom. The van der Waals surface area contributed by atoms with E-state index >= 15 is 0 Å². The number of carbonyl (C=O) groups is 1. The highest BCUT2D eigenvalue weighted by atomic mass is 16.5. The number of carbonyl (C=O) groups excluding carboxylic acids is 1. The van der Waals surface area contributed by atoms with Gasteiger partial charge in [-0.25, -0.2) is 0 Å². The van der Waals surface area contributed by atoms with Crippen molar-refractivity contribution in [3.63, 3.8) is 0 Å². The van der Waals surface area contributed by atoms with E-state index in [0.29, 0.717) is 30.5 Å². The summed E-state index contributed by atoms with van der Waals surface area (Å²) >= 11 is 0. The third-order valence-corrected chi connectivity index (χ3v) is 6.35. The number of likely N-dealkylation sites (tertiary alicyclic amines) is 2. The first kappa shape index (κ1) is 19.9. The number of nitrogens with zero attached hydrogens (tertiary/aromatic N) is 5. The minimum absolute atomic E-state index is 0.177. The van der Waals surface area contributed by atoms with Crippen molar-refractivity contribution in [3.05, 3.63) is 66.2 Å². The van der Waals surface area contributed by atoms with E-state index in [4.69, 9.17) is 4.52 Å². The second-order valence-electron chi connectivity index (χ2n) is 8.33. The molecule has 1 unspecified atom stereocenters. The first-order valence-electron chi connectivity index (χ1n) is 11.1. The highest BCUT2D eigenvalue weighted by Crippen LogP contribution is 2.32. The van der Waals surface area contributed by atoms with Gasteiger partial charge in [-0.3, -0.25) is 14.7 Å². The van der Waals surface area contributed by atoms with Crippen molar-refractivity contribution >= 4 is 5.91 Å². The Morgan fingerprint density at radius 1 is 0.968 bits per heavy atom. The van der Waals surface area contributed by atoms with Crippen molar-refractivity contribution in [3.8, 4) is 11.5 Å². The van der Waals surface area contributed by atoms with E-state index in [9.17, 15) is 4.79 Å². The molecular weight excluding hydrogens is 390 g/mol. The molecule has 160 valence electrons. The van der Waals surface area contributed by atoms with Gasteiger partial charge in [0.2, 0.25) is 17.6 Å². The standard InChI is InChI=1S/C24H27N5O2/c30-24(21(28-14-6-7-15-28)18-8-2-1-3-9-18)29-16-11-19(12-17-29)23-26-22(27-31-23)20-10-4-5-13-25-20/h1-5,8-10,13,19,21H,6-7,11-12,14-17H2. The van der Waals surface area contributed by atoms with Crippen LogP contribution in [0.15, 0.2) is 59.3 Å². The van der Waals surface area contributed by atoms with Crippen LogP contribution in [0.3, 0.4) is 0 Å². The van der Waals surface area contributed by atoms with Gasteiger partial charge in [-0.05, 0) is 56.5 Å². The molecule has 7 heteroatoms. The molecule has 0 N–H and O–H groups in total. The smallest absolute Gasteiger partial charge is 0.244 e. The fraction of sp³-hybridized carbons (Fsp3) is 0.417. The lowest BCUT2D eigenvalue weighted by atomic mass is 9.95. The van der Waals surface area contributed by atoms with E-state index < -0.39 is 0 Å². The van der Waals surface area contributed by atoms with Crippen LogP contribution in [0.25, 0.3) is 11.5 Å². The van der Waals surface area contributed by atoms with E-state index in [1.807, 2.05) is 41.3 Å². The highest BCUT2D eigenvalue weighted by Gasteiger charge is 2.35. The van der Waals surface area contributed by atoms with Crippen LogP contribution in [0.5, 0.6) is 0 Å². The molecule has 0 aliphatic carbocycles. The summed E-state index contributed by atoms with van der Waals surface area (Å²) in [5, 5.41) is 4.10. The van der Waals surface area contributed by atoms with Gasteiger partial charge in [-0.15, -0.1) is 0 Å². The second-order valence-corrected chi connectivity index (χ2v) is 8.33. The number of benzene rings is 1. The molecule has 0 saturated carbocycles. The Bertz CT molecular complexity index is 993. The van der Waals surface area contributed by atoms with Gasteiger partial charge in [0.15, 0.2) is 0 Å². The van der Waals surface area contributed by atoms with Gasteiger partial charge in [0.1, 0.15) is 11.7 Å². The molecule has 1 aromatic carbocycles. The molecule has 31 heavy (non-hydrogen) atoms. The van der Waals surface area contributed by atoms with Gasteiger partial charge < -0.3 is 9.42 Å². The Morgan fingerprint density at radius 3 is 2.42 bits per heavy atom. The van der Waals surface area contributed by atoms with Crippen LogP contribution in [0.1, 0.15) is 49.1 Å². The molecule has 1 amide bonds. The average Bonchev–Trinajstić information content (AvgIpc) is 3.54. The zero-order valence-electron chi connectivity index (χ0n) is 17.6. The summed E-state index contributed by atoms with van der Waals surface area (Å²) in [7, 11) is 0. The molecule has 0 bridgehead atoms. The lowest BCUT2D eigenvalue weighted by Gasteiger charge is -2.36. The Hall–Kier alpha value is -3.06. The lowest BCUT2D eigenvalue weighted by molar-refractivity contribution is -0.138. The molecule has 1 atom stereocenters. The van der Waals surface area contributed by atoms with E-state index in [2.05, 4.69) is 32.2 Å². The highest BCUT2D eigenvalue weighted by molar-refractivity contribution is 5.83. The van der Waals surface area contributed by atoms with Crippen LogP contribution in [0.2, 0.25) is 0 Å². The van der Waals surface area contributed by atoms with Crippen molar-refractivity contribution in [2.24, 2.45) is 0 Å². The zero-order valence-corrected chi connectivity index (χ0v) is 17.6. The summed E-state index contributed by atoms with van der Waals surface area (Å²) in [5.41, 5.74) is 1.80. The van der Waals surface area contributed by atoms with Crippen LogP contribution >= 0.6 is 0 Å². The summed E-state index contributed by atoms with van der Waals surface area (Å²) < 4.78 is 5.54. The number of aromatic nitrogens is 3. The summed E-state index contributed by atoms with van der Waals surface area (Å²) in [6.45, 7) is 3.39. The maximum absolute atomic E-state index is 13.5. The Labute approximate surface area is 182 Å². The number of rotatable bonds is 5. The van der Waals surface area contributed by atoms with Crippen LogP contribution in [-0.4, -0.2) is 57.0 Å². The Kier molecular flexibility index (Phi) is 5.76. The van der Waals surface area contributed by atoms with E-state index in [-0.39, 0.29) is 17.9 Å². The summed E-state index contributed by atoms with van der Waals surface area (Å²) in [5.74, 6) is 1.56. The molecule has 7 nitrogen and oxygen atoms in total. The molecule has 5 rings (SSSR count). The van der Waals surface area contributed by atoms with E-state index in [1.54, 1.807) is 6.20 Å². The maximum atomic E-state index is 13.5. The molecule has 2 fully saturated rings. The molecule has 3 aromatic rings. The third kappa shape index (κ3) is 4.23. The van der Waals surface area contributed by atoms with Gasteiger partial charge in [-0.2, -0.15) is 4.98 Å². The number of amides is 1. The quantitative estimate of drug-likeness (QED) is 0.630. The molecule has 2 aliphatic heterocycles. The fourth-order valence-corrected chi connectivity index (χ4v) is 4.66. The molecular formula is C24H27N5O2. The second kappa shape index (κ2) is 8.98. The van der Waals surface area contributed by atoms with Gasteiger partial charge in [-0.1, -0.05) is 41.6 Å². The van der Waals surface area contributed by atoms with E-state index in [0.717, 1.165) is 44.3 Å². The number of pyridine rings is 1. The van der Waals surface area contributed by atoms with Gasteiger partial charge in [0.05, 0.1) is 0 Å². The molecule has 0 radical (unpaired) electrons. The predicted molar refractivity (Wildman–Crippen MR) is 116 cm³/mol. The van der Waals surface area contributed by atoms with Crippen LogP contribution in [0.4, 0.5) is 0 Å². The minimum Gasteiger partial charge on any atom is -0.341 e. The van der Waals surface area contributed by atoms with Crippen molar-refractivity contribution in [1.82, 2.24) is 24.9 Å². The van der Waals surface area contributed by atoms with Crippen molar-refractivity contribution in [1.29, 1.82) is 0 Å². The average molecular weight is 418 g/mol. The number of piperidine rings is 1. The fourth-order valence-electron chi connectivity index (χ4n) is 4.66. The zero-order chi connectivity index (χ0) is 21.0. The normalized spacial score (nSPS) is 18.9. The van der Waals surface area contributed by atoms with Gasteiger partial charge >= 0.3 is 0 Å². The van der Waals surface area contributed by atoms with Gasteiger partial charge in [0.25, 0.3) is 0 Å². The minimum atomic E-state index is -0.181. The first-order chi connectivity index (χ1) is 15.3. The SMILES string of the molecule is O=C(C(c1ccccc1)N1CCCC1)N1CCC(c2nc(-c3ccccn3)no2)CC1. The van der Waals surface area contributed by atoms with Crippen LogP contribution in [-0.2, 0) is 4.79 Å². The predicted octanol–water partition coefficient (Wildman–Crippen LogP) is 3.67. The monoisotopic (exact) mass is 417 g/mol.